The minimum Gasteiger partial charge on any atom is -0.370 e. The molecule has 1 unspecified atom stereocenters. The Morgan fingerprint density at radius 1 is 1.46 bits per heavy atom. The van der Waals surface area contributed by atoms with Gasteiger partial charge in [0.15, 0.2) is 0 Å². The molecule has 0 aromatic carbocycles. The van der Waals surface area contributed by atoms with Gasteiger partial charge in [-0.15, -0.1) is 0 Å². The number of hydrogen-bond acceptors (Lipinski definition) is 3. The molecule has 5 heteroatoms. The van der Waals surface area contributed by atoms with Gasteiger partial charge in [-0.05, 0) is 20.4 Å². The van der Waals surface area contributed by atoms with Crippen LogP contribution in [0.25, 0.3) is 0 Å². The van der Waals surface area contributed by atoms with Crippen molar-refractivity contribution in [1.82, 2.24) is 10.6 Å². The fourth-order valence-electron chi connectivity index (χ4n) is 0.758. The topological polar surface area (TPSA) is 84.2 Å². The van der Waals surface area contributed by atoms with E-state index in [2.05, 4.69) is 10.6 Å². The maximum Gasteiger partial charge on any atom is 0.236 e. The van der Waals surface area contributed by atoms with Gasteiger partial charge in [-0.25, -0.2) is 0 Å². The lowest BCUT2D eigenvalue weighted by Gasteiger charge is -2.10. The molecule has 0 aromatic rings. The Balaban J connectivity index is 3.42. The Morgan fingerprint density at radius 2 is 2.08 bits per heavy atom. The third-order valence-electron chi connectivity index (χ3n) is 1.73. The number of nitrogens with two attached hydrogens (primary N) is 1. The molecule has 0 saturated carbocycles. The van der Waals surface area contributed by atoms with Gasteiger partial charge < -0.3 is 16.4 Å². The van der Waals surface area contributed by atoms with Crippen LogP contribution in [0.4, 0.5) is 0 Å². The standard InChI is InChI=1S/C8H17N3O2/c1-6(10-2)8(13)11-5-3-4-7(9)12/h6,10H,3-5H2,1-2H3,(H2,9,12)(H,11,13). The van der Waals surface area contributed by atoms with Crippen molar-refractivity contribution in [3.8, 4) is 0 Å². The Bertz CT molecular complexity index is 182. The van der Waals surface area contributed by atoms with Crippen LogP contribution in [-0.2, 0) is 9.59 Å². The molecule has 0 radical (unpaired) electrons. The third kappa shape index (κ3) is 6.10. The first-order valence-corrected chi connectivity index (χ1v) is 4.31. The van der Waals surface area contributed by atoms with Crippen LogP contribution in [0.15, 0.2) is 0 Å². The van der Waals surface area contributed by atoms with E-state index < -0.39 is 0 Å². The van der Waals surface area contributed by atoms with E-state index in [1.165, 1.54) is 0 Å². The monoisotopic (exact) mass is 187 g/mol. The quantitative estimate of drug-likeness (QED) is 0.465. The second kappa shape index (κ2) is 6.42. The van der Waals surface area contributed by atoms with Crippen molar-refractivity contribution in [3.63, 3.8) is 0 Å². The molecular formula is C8H17N3O2. The highest BCUT2D eigenvalue weighted by Gasteiger charge is 2.08. The normalized spacial score (nSPS) is 12.2. The molecule has 0 aromatic heterocycles. The summed E-state index contributed by atoms with van der Waals surface area (Å²) in [5.41, 5.74) is 4.93. The minimum atomic E-state index is -0.337. The second-order valence-corrected chi connectivity index (χ2v) is 2.87. The maximum absolute atomic E-state index is 11.1. The van der Waals surface area contributed by atoms with Crippen molar-refractivity contribution >= 4 is 11.8 Å². The van der Waals surface area contributed by atoms with E-state index in [-0.39, 0.29) is 17.9 Å². The van der Waals surface area contributed by atoms with Crippen LogP contribution < -0.4 is 16.4 Å². The first-order chi connectivity index (χ1) is 6.07. The number of carbonyl (C=O) groups is 2. The summed E-state index contributed by atoms with van der Waals surface area (Å²) in [4.78, 5) is 21.5. The fraction of sp³-hybridized carbons (Fsp3) is 0.750. The smallest absolute Gasteiger partial charge is 0.236 e. The molecule has 0 fully saturated rings. The molecule has 0 saturated heterocycles. The first-order valence-electron chi connectivity index (χ1n) is 4.31. The highest BCUT2D eigenvalue weighted by Crippen LogP contribution is 1.85. The van der Waals surface area contributed by atoms with Gasteiger partial charge in [0.2, 0.25) is 11.8 Å². The van der Waals surface area contributed by atoms with Crippen LogP contribution in [0.5, 0.6) is 0 Å². The van der Waals surface area contributed by atoms with Gasteiger partial charge in [-0.3, -0.25) is 9.59 Å². The Labute approximate surface area is 78.1 Å². The Hall–Kier alpha value is -1.10. The zero-order valence-corrected chi connectivity index (χ0v) is 8.09. The van der Waals surface area contributed by atoms with Crippen molar-refractivity contribution in [2.45, 2.75) is 25.8 Å². The molecule has 5 nitrogen and oxygen atoms in total. The summed E-state index contributed by atoms with van der Waals surface area (Å²) >= 11 is 0. The highest BCUT2D eigenvalue weighted by atomic mass is 16.2. The van der Waals surface area contributed by atoms with Gasteiger partial charge in [0.1, 0.15) is 0 Å². The average molecular weight is 187 g/mol. The van der Waals surface area contributed by atoms with E-state index in [1.54, 1.807) is 14.0 Å². The second-order valence-electron chi connectivity index (χ2n) is 2.87. The number of carbonyl (C=O) groups excluding carboxylic acids is 2. The molecule has 13 heavy (non-hydrogen) atoms. The van der Waals surface area contributed by atoms with E-state index >= 15 is 0 Å². The lowest BCUT2D eigenvalue weighted by Crippen LogP contribution is -2.40. The SMILES string of the molecule is CNC(C)C(=O)NCCCC(N)=O. The molecule has 0 aliphatic rings. The molecule has 0 spiro atoms. The summed E-state index contributed by atoms with van der Waals surface area (Å²) < 4.78 is 0. The van der Waals surface area contributed by atoms with E-state index in [4.69, 9.17) is 5.73 Å². The zero-order chi connectivity index (χ0) is 10.3. The summed E-state index contributed by atoms with van der Waals surface area (Å²) in [5.74, 6) is -0.400. The van der Waals surface area contributed by atoms with Gasteiger partial charge in [-0.2, -0.15) is 0 Å². The molecule has 0 aliphatic carbocycles. The minimum absolute atomic E-state index is 0.0630. The average Bonchev–Trinajstić information content (AvgIpc) is 2.10. The number of amides is 2. The molecule has 0 rings (SSSR count). The Morgan fingerprint density at radius 3 is 2.54 bits per heavy atom. The lowest BCUT2D eigenvalue weighted by molar-refractivity contribution is -0.123. The van der Waals surface area contributed by atoms with E-state index in [9.17, 15) is 9.59 Å². The van der Waals surface area contributed by atoms with Crippen LogP contribution in [0.2, 0.25) is 0 Å². The summed E-state index contributed by atoms with van der Waals surface area (Å²) in [5, 5.41) is 5.49. The van der Waals surface area contributed by atoms with E-state index in [0.29, 0.717) is 19.4 Å². The fourth-order valence-corrected chi connectivity index (χ4v) is 0.758. The summed E-state index contributed by atoms with van der Waals surface area (Å²) in [7, 11) is 1.72. The van der Waals surface area contributed by atoms with Crippen LogP contribution in [-0.4, -0.2) is 31.4 Å². The van der Waals surface area contributed by atoms with Crippen molar-refractivity contribution in [3.05, 3.63) is 0 Å². The van der Waals surface area contributed by atoms with Crippen LogP contribution in [0.3, 0.4) is 0 Å². The van der Waals surface area contributed by atoms with Crippen molar-refractivity contribution in [2.75, 3.05) is 13.6 Å². The summed E-state index contributed by atoms with van der Waals surface area (Å²) in [6.45, 7) is 2.26. The number of primary amides is 1. The van der Waals surface area contributed by atoms with Gasteiger partial charge in [0.05, 0.1) is 6.04 Å². The molecular weight excluding hydrogens is 170 g/mol. The van der Waals surface area contributed by atoms with Crippen LogP contribution in [0, 0.1) is 0 Å². The lowest BCUT2D eigenvalue weighted by atomic mass is 10.3. The maximum atomic E-state index is 11.1. The van der Waals surface area contributed by atoms with Gasteiger partial charge in [-0.1, -0.05) is 0 Å². The van der Waals surface area contributed by atoms with E-state index in [1.807, 2.05) is 0 Å². The molecule has 0 aliphatic heterocycles. The molecule has 4 N–H and O–H groups in total. The largest absolute Gasteiger partial charge is 0.370 e. The Kier molecular flexibility index (Phi) is 5.88. The first kappa shape index (κ1) is 11.9. The predicted molar refractivity (Wildman–Crippen MR) is 50.0 cm³/mol. The summed E-state index contributed by atoms with van der Waals surface area (Å²) in [6.07, 6.45) is 0.908. The number of nitrogens with one attached hydrogen (secondary N) is 2. The number of rotatable bonds is 6. The summed E-state index contributed by atoms with van der Waals surface area (Å²) in [6, 6.07) is -0.200. The highest BCUT2D eigenvalue weighted by molar-refractivity contribution is 5.81. The molecule has 76 valence electrons. The molecule has 0 heterocycles. The molecule has 2 amide bonds. The van der Waals surface area contributed by atoms with Crippen molar-refractivity contribution in [1.29, 1.82) is 0 Å². The van der Waals surface area contributed by atoms with Crippen LogP contribution >= 0.6 is 0 Å². The predicted octanol–water partition coefficient (Wildman–Crippen LogP) is -1.02. The van der Waals surface area contributed by atoms with Crippen LogP contribution in [0.1, 0.15) is 19.8 Å². The van der Waals surface area contributed by atoms with Gasteiger partial charge in [0.25, 0.3) is 0 Å². The third-order valence-corrected chi connectivity index (χ3v) is 1.73. The van der Waals surface area contributed by atoms with Gasteiger partial charge >= 0.3 is 0 Å². The molecule has 1 atom stereocenters. The van der Waals surface area contributed by atoms with Gasteiger partial charge in [0, 0.05) is 13.0 Å². The zero-order valence-electron chi connectivity index (χ0n) is 8.09. The van der Waals surface area contributed by atoms with E-state index in [0.717, 1.165) is 0 Å². The van der Waals surface area contributed by atoms with Crippen molar-refractivity contribution < 1.29 is 9.59 Å². The number of hydrogen-bond donors (Lipinski definition) is 3. The number of likely N-dealkylation sites (N-methyl/N-ethyl adjacent to an activating group) is 1. The van der Waals surface area contributed by atoms with Crippen molar-refractivity contribution in [2.24, 2.45) is 5.73 Å². The molecule has 0 bridgehead atoms.